The first-order chi connectivity index (χ1) is 15.0. The van der Waals surface area contributed by atoms with Crippen LogP contribution in [0, 0.1) is 0 Å². The molecule has 3 rings (SSSR count). The molecule has 7 heteroatoms. The van der Waals surface area contributed by atoms with Crippen molar-refractivity contribution >= 4 is 51.0 Å². The molecule has 0 aliphatic heterocycles. The number of anilines is 1. The summed E-state index contributed by atoms with van der Waals surface area (Å²) < 4.78 is 5.96. The Morgan fingerprint density at radius 1 is 0.806 bits per heavy atom. The Balaban J connectivity index is 1.37. The number of amides is 1. The summed E-state index contributed by atoms with van der Waals surface area (Å²) in [6, 6.07) is 24.2. The third-order valence-electron chi connectivity index (χ3n) is 4.26. The molecule has 0 fully saturated rings. The van der Waals surface area contributed by atoms with Crippen molar-refractivity contribution in [3.63, 3.8) is 0 Å². The van der Waals surface area contributed by atoms with Gasteiger partial charge in [0.1, 0.15) is 0 Å². The molecule has 3 aromatic rings. The SMILES string of the molecule is O=C(CSCC(=O)OCC(=O)c1ccc(-c2ccccc2)cc1)Nc1ccc(Br)cc1. The number of nitrogens with one attached hydrogen (secondary N) is 1. The predicted octanol–water partition coefficient (Wildman–Crippen LogP) is 5.21. The summed E-state index contributed by atoms with van der Waals surface area (Å²) in [7, 11) is 0. The third kappa shape index (κ3) is 7.38. The van der Waals surface area contributed by atoms with Crippen molar-refractivity contribution in [3.05, 3.63) is 88.9 Å². The largest absolute Gasteiger partial charge is 0.457 e. The maximum atomic E-state index is 12.3. The molecule has 0 heterocycles. The van der Waals surface area contributed by atoms with E-state index in [1.54, 1.807) is 24.3 Å². The van der Waals surface area contributed by atoms with Gasteiger partial charge in [-0.3, -0.25) is 14.4 Å². The Morgan fingerprint density at radius 2 is 1.45 bits per heavy atom. The number of Topliss-reactive ketones (excluding diaryl/α,β-unsaturated/α-hetero) is 1. The zero-order chi connectivity index (χ0) is 22.1. The van der Waals surface area contributed by atoms with Gasteiger partial charge < -0.3 is 10.1 Å². The van der Waals surface area contributed by atoms with E-state index < -0.39 is 5.97 Å². The van der Waals surface area contributed by atoms with Crippen molar-refractivity contribution in [2.24, 2.45) is 0 Å². The normalized spacial score (nSPS) is 10.4. The Morgan fingerprint density at radius 3 is 2.13 bits per heavy atom. The maximum Gasteiger partial charge on any atom is 0.316 e. The zero-order valence-electron chi connectivity index (χ0n) is 16.5. The smallest absolute Gasteiger partial charge is 0.316 e. The number of benzene rings is 3. The first-order valence-corrected chi connectivity index (χ1v) is 11.4. The van der Waals surface area contributed by atoms with Crippen LogP contribution >= 0.6 is 27.7 Å². The fourth-order valence-corrected chi connectivity index (χ4v) is 3.58. The van der Waals surface area contributed by atoms with Crippen molar-refractivity contribution in [3.8, 4) is 11.1 Å². The molecule has 0 saturated carbocycles. The van der Waals surface area contributed by atoms with Crippen LogP contribution in [0.2, 0.25) is 0 Å². The maximum absolute atomic E-state index is 12.3. The van der Waals surface area contributed by atoms with Crippen LogP contribution in [-0.4, -0.2) is 35.8 Å². The average molecular weight is 498 g/mol. The molecule has 0 spiro atoms. The molecule has 3 aromatic carbocycles. The molecule has 0 atom stereocenters. The van der Waals surface area contributed by atoms with Gasteiger partial charge in [-0.1, -0.05) is 70.5 Å². The molecule has 31 heavy (non-hydrogen) atoms. The summed E-state index contributed by atoms with van der Waals surface area (Å²) in [6.45, 7) is -0.324. The van der Waals surface area contributed by atoms with E-state index in [1.807, 2.05) is 54.6 Å². The zero-order valence-corrected chi connectivity index (χ0v) is 18.9. The monoisotopic (exact) mass is 497 g/mol. The highest BCUT2D eigenvalue weighted by molar-refractivity contribution is 9.10. The van der Waals surface area contributed by atoms with Gasteiger partial charge >= 0.3 is 5.97 Å². The summed E-state index contributed by atoms with van der Waals surface area (Å²) in [5.74, 6) is -0.912. The lowest BCUT2D eigenvalue weighted by molar-refractivity contribution is -0.139. The number of thioether (sulfide) groups is 1. The minimum atomic E-state index is -0.532. The molecular formula is C24H20BrNO4S. The predicted molar refractivity (Wildman–Crippen MR) is 127 cm³/mol. The number of ether oxygens (including phenoxy) is 1. The van der Waals surface area contributed by atoms with E-state index in [9.17, 15) is 14.4 Å². The fourth-order valence-electron chi connectivity index (χ4n) is 2.71. The van der Waals surface area contributed by atoms with Crippen molar-refractivity contribution in [1.82, 2.24) is 0 Å². The summed E-state index contributed by atoms with van der Waals surface area (Å²) in [6.07, 6.45) is 0. The third-order valence-corrected chi connectivity index (χ3v) is 5.69. The molecular weight excluding hydrogens is 478 g/mol. The van der Waals surface area contributed by atoms with Gasteiger partial charge in [-0.25, -0.2) is 0 Å². The number of halogens is 1. The molecule has 0 radical (unpaired) electrons. The van der Waals surface area contributed by atoms with E-state index in [1.165, 1.54) is 0 Å². The van der Waals surface area contributed by atoms with Crippen LogP contribution in [0.15, 0.2) is 83.3 Å². The van der Waals surface area contributed by atoms with E-state index in [0.717, 1.165) is 27.4 Å². The quantitative estimate of drug-likeness (QED) is 0.324. The van der Waals surface area contributed by atoms with Crippen LogP contribution in [0.25, 0.3) is 11.1 Å². The number of carbonyl (C=O) groups is 3. The second-order valence-corrected chi connectivity index (χ2v) is 8.48. The minimum Gasteiger partial charge on any atom is -0.457 e. The molecule has 0 aromatic heterocycles. The highest BCUT2D eigenvalue weighted by atomic mass is 79.9. The Hall–Kier alpha value is -2.90. The molecule has 158 valence electrons. The van der Waals surface area contributed by atoms with Crippen LogP contribution in [0.4, 0.5) is 5.69 Å². The highest BCUT2D eigenvalue weighted by Crippen LogP contribution is 2.19. The van der Waals surface area contributed by atoms with Crippen LogP contribution in [0.5, 0.6) is 0 Å². The van der Waals surface area contributed by atoms with Gasteiger partial charge in [-0.05, 0) is 35.4 Å². The fraction of sp³-hybridized carbons (Fsp3) is 0.125. The lowest BCUT2D eigenvalue weighted by atomic mass is 10.0. The van der Waals surface area contributed by atoms with E-state index in [-0.39, 0.29) is 29.8 Å². The number of hydrogen-bond donors (Lipinski definition) is 1. The summed E-state index contributed by atoms with van der Waals surface area (Å²) in [5, 5.41) is 2.74. The van der Waals surface area contributed by atoms with Gasteiger partial charge in [-0.15, -0.1) is 11.8 Å². The van der Waals surface area contributed by atoms with Crippen LogP contribution in [0.1, 0.15) is 10.4 Å². The van der Waals surface area contributed by atoms with Gasteiger partial charge in [0.2, 0.25) is 5.91 Å². The van der Waals surface area contributed by atoms with Crippen molar-refractivity contribution in [1.29, 1.82) is 0 Å². The number of ketones is 1. The highest BCUT2D eigenvalue weighted by Gasteiger charge is 2.11. The van der Waals surface area contributed by atoms with Crippen LogP contribution in [0.3, 0.4) is 0 Å². The number of esters is 1. The molecule has 1 amide bonds. The van der Waals surface area contributed by atoms with E-state index in [2.05, 4.69) is 21.2 Å². The summed E-state index contributed by atoms with van der Waals surface area (Å²) in [4.78, 5) is 36.0. The second-order valence-electron chi connectivity index (χ2n) is 6.58. The van der Waals surface area contributed by atoms with Crippen molar-refractivity contribution < 1.29 is 19.1 Å². The number of rotatable bonds is 9. The van der Waals surface area contributed by atoms with Gasteiger partial charge in [0.05, 0.1) is 11.5 Å². The van der Waals surface area contributed by atoms with E-state index in [0.29, 0.717) is 11.3 Å². The second kappa shape index (κ2) is 11.5. The van der Waals surface area contributed by atoms with Gasteiger partial charge in [0, 0.05) is 15.7 Å². The van der Waals surface area contributed by atoms with E-state index >= 15 is 0 Å². The van der Waals surface area contributed by atoms with Gasteiger partial charge in [0.15, 0.2) is 12.4 Å². The molecule has 0 bridgehead atoms. The molecule has 0 saturated heterocycles. The van der Waals surface area contributed by atoms with Gasteiger partial charge in [-0.2, -0.15) is 0 Å². The lowest BCUT2D eigenvalue weighted by Gasteiger charge is -2.07. The lowest BCUT2D eigenvalue weighted by Crippen LogP contribution is -2.18. The van der Waals surface area contributed by atoms with Crippen LogP contribution < -0.4 is 5.32 Å². The average Bonchev–Trinajstić information content (AvgIpc) is 2.79. The molecule has 0 aliphatic carbocycles. The number of hydrogen-bond acceptors (Lipinski definition) is 5. The Labute approximate surface area is 193 Å². The summed E-state index contributed by atoms with van der Waals surface area (Å²) in [5.41, 5.74) is 3.23. The van der Waals surface area contributed by atoms with E-state index in [4.69, 9.17) is 4.74 Å². The number of carbonyl (C=O) groups excluding carboxylic acids is 3. The minimum absolute atomic E-state index is 0.00597. The first-order valence-electron chi connectivity index (χ1n) is 9.49. The summed E-state index contributed by atoms with van der Waals surface area (Å²) >= 11 is 4.46. The standard InChI is InChI=1S/C24H20BrNO4S/c25-20-10-12-21(13-11-20)26-23(28)15-31-16-24(29)30-14-22(27)19-8-6-18(7-9-19)17-4-2-1-3-5-17/h1-13H,14-16H2,(H,26,28). The topological polar surface area (TPSA) is 72.5 Å². The van der Waals surface area contributed by atoms with Gasteiger partial charge in [0.25, 0.3) is 0 Å². The molecule has 1 N–H and O–H groups in total. The van der Waals surface area contributed by atoms with Crippen LogP contribution in [-0.2, 0) is 14.3 Å². The molecule has 0 unspecified atom stereocenters. The first kappa shape index (κ1) is 22.8. The Bertz CT molecular complexity index is 1040. The Kier molecular flexibility index (Phi) is 8.44. The van der Waals surface area contributed by atoms with Crippen molar-refractivity contribution in [2.45, 2.75) is 0 Å². The molecule has 0 aliphatic rings. The van der Waals surface area contributed by atoms with Crippen molar-refractivity contribution in [2.75, 3.05) is 23.4 Å². The molecule has 5 nitrogen and oxygen atoms in total.